The molecule has 6 heteroatoms. The average molecular weight is 348 g/mol. The van der Waals surface area contributed by atoms with Crippen molar-refractivity contribution in [2.75, 3.05) is 20.2 Å². The molecule has 3 rings (SSSR count). The number of likely N-dealkylation sites (tertiary alicyclic amines) is 1. The molecule has 0 radical (unpaired) electrons. The van der Waals surface area contributed by atoms with E-state index in [2.05, 4.69) is 27.7 Å². The molecule has 2 heterocycles. The lowest BCUT2D eigenvalue weighted by Gasteiger charge is -2.32. The summed E-state index contributed by atoms with van der Waals surface area (Å²) in [6, 6.07) is 8.50. The summed E-state index contributed by atoms with van der Waals surface area (Å²) in [5.74, 6) is -0.560. The number of piperidine rings is 1. The molecule has 1 saturated heterocycles. The molecule has 1 N–H and O–H groups in total. The first-order chi connectivity index (χ1) is 11.7. The lowest BCUT2D eigenvalue weighted by atomic mass is 10.0. The van der Waals surface area contributed by atoms with Crippen LogP contribution in [0.4, 0.5) is 4.39 Å². The van der Waals surface area contributed by atoms with Crippen LogP contribution in [0.25, 0.3) is 0 Å². The second-order valence-electron chi connectivity index (χ2n) is 5.98. The largest absolute Gasteiger partial charge is 0.494 e. The minimum Gasteiger partial charge on any atom is -0.494 e. The molecule has 24 heavy (non-hydrogen) atoms. The molecule has 1 unspecified atom stereocenters. The van der Waals surface area contributed by atoms with E-state index in [0.29, 0.717) is 5.56 Å². The van der Waals surface area contributed by atoms with E-state index in [1.807, 2.05) is 0 Å². The molecule has 0 spiro atoms. The van der Waals surface area contributed by atoms with Crippen molar-refractivity contribution in [1.82, 2.24) is 10.2 Å². The van der Waals surface area contributed by atoms with Gasteiger partial charge in [-0.1, -0.05) is 6.07 Å². The Bertz CT molecular complexity index is 690. The quantitative estimate of drug-likeness (QED) is 0.901. The van der Waals surface area contributed by atoms with Crippen LogP contribution in [0.1, 0.15) is 28.1 Å². The average Bonchev–Trinajstić information content (AvgIpc) is 3.08. The minimum atomic E-state index is -0.464. The highest BCUT2D eigenvalue weighted by Gasteiger charge is 2.22. The third-order valence-corrected chi connectivity index (χ3v) is 5.07. The molecule has 1 aliphatic heterocycles. The van der Waals surface area contributed by atoms with Gasteiger partial charge in [0, 0.05) is 29.6 Å². The number of rotatable bonds is 5. The van der Waals surface area contributed by atoms with Crippen molar-refractivity contribution < 1.29 is 13.9 Å². The third-order valence-electron chi connectivity index (χ3n) is 4.21. The molecule has 1 atom stereocenters. The molecule has 1 aliphatic rings. The molecule has 1 amide bonds. The fraction of sp³-hybridized carbons (Fsp3) is 0.389. The van der Waals surface area contributed by atoms with E-state index >= 15 is 0 Å². The number of nitrogens with one attached hydrogen (secondary N) is 1. The van der Waals surface area contributed by atoms with Crippen LogP contribution in [0.2, 0.25) is 0 Å². The van der Waals surface area contributed by atoms with E-state index in [0.717, 1.165) is 32.5 Å². The van der Waals surface area contributed by atoms with Gasteiger partial charge in [-0.3, -0.25) is 9.69 Å². The van der Waals surface area contributed by atoms with Crippen molar-refractivity contribution in [1.29, 1.82) is 0 Å². The number of carbonyl (C=O) groups is 1. The molecule has 1 fully saturated rings. The number of hydrogen-bond donors (Lipinski definition) is 1. The van der Waals surface area contributed by atoms with Crippen LogP contribution in [0.15, 0.2) is 35.7 Å². The van der Waals surface area contributed by atoms with Gasteiger partial charge in [-0.15, -0.1) is 11.3 Å². The van der Waals surface area contributed by atoms with Gasteiger partial charge in [0.15, 0.2) is 11.6 Å². The fourth-order valence-corrected chi connectivity index (χ4v) is 3.76. The molecule has 2 aromatic rings. The first kappa shape index (κ1) is 16.9. The molecule has 4 nitrogen and oxygen atoms in total. The zero-order chi connectivity index (χ0) is 16.9. The predicted molar refractivity (Wildman–Crippen MR) is 93.0 cm³/mol. The SMILES string of the molecule is COc1cc(C(=O)NC2CCCN(Cc3cccs3)C2)ccc1F. The zero-order valence-corrected chi connectivity index (χ0v) is 14.4. The number of methoxy groups -OCH3 is 1. The Morgan fingerprint density at radius 3 is 3.08 bits per heavy atom. The van der Waals surface area contributed by atoms with Gasteiger partial charge in [-0.25, -0.2) is 4.39 Å². The number of halogens is 1. The van der Waals surface area contributed by atoms with Crippen LogP contribution in [0, 0.1) is 5.82 Å². The normalized spacial score (nSPS) is 18.3. The van der Waals surface area contributed by atoms with Crippen molar-refractivity contribution in [2.45, 2.75) is 25.4 Å². The highest BCUT2D eigenvalue weighted by Crippen LogP contribution is 2.20. The smallest absolute Gasteiger partial charge is 0.251 e. The van der Waals surface area contributed by atoms with Crippen LogP contribution >= 0.6 is 11.3 Å². The van der Waals surface area contributed by atoms with E-state index < -0.39 is 5.82 Å². The maximum Gasteiger partial charge on any atom is 0.251 e. The van der Waals surface area contributed by atoms with Crippen molar-refractivity contribution >= 4 is 17.2 Å². The molecular formula is C18H21FN2O2S. The molecule has 0 saturated carbocycles. The number of hydrogen-bond acceptors (Lipinski definition) is 4. The summed E-state index contributed by atoms with van der Waals surface area (Å²) in [5, 5.41) is 5.14. The Kier molecular flexibility index (Phi) is 5.48. The molecular weight excluding hydrogens is 327 g/mol. The standard InChI is InChI=1S/C18H21FN2O2S/c1-23-17-10-13(6-7-16(17)19)18(22)20-14-4-2-8-21(11-14)12-15-5-3-9-24-15/h3,5-7,9-10,14H,2,4,8,11-12H2,1H3,(H,20,22). The van der Waals surface area contributed by atoms with E-state index in [9.17, 15) is 9.18 Å². The fourth-order valence-electron chi connectivity index (χ4n) is 3.01. The first-order valence-corrected chi connectivity index (χ1v) is 8.93. The summed E-state index contributed by atoms with van der Waals surface area (Å²) in [6.07, 6.45) is 2.02. The van der Waals surface area contributed by atoms with Crippen LogP contribution in [0.3, 0.4) is 0 Å². The van der Waals surface area contributed by atoms with Gasteiger partial charge in [0.1, 0.15) is 0 Å². The van der Waals surface area contributed by atoms with Gasteiger partial charge >= 0.3 is 0 Å². The Morgan fingerprint density at radius 1 is 1.46 bits per heavy atom. The highest BCUT2D eigenvalue weighted by atomic mass is 32.1. The van der Waals surface area contributed by atoms with Crippen molar-refractivity contribution in [3.63, 3.8) is 0 Å². The maximum absolute atomic E-state index is 13.5. The molecule has 0 bridgehead atoms. The van der Waals surface area contributed by atoms with Gasteiger partial charge in [0.25, 0.3) is 5.91 Å². The number of thiophene rings is 1. The van der Waals surface area contributed by atoms with Gasteiger partial charge in [0.2, 0.25) is 0 Å². The molecule has 1 aromatic heterocycles. The Labute approximate surface area is 145 Å². The topological polar surface area (TPSA) is 41.6 Å². The Morgan fingerprint density at radius 2 is 2.33 bits per heavy atom. The second-order valence-corrected chi connectivity index (χ2v) is 7.01. The van der Waals surface area contributed by atoms with Gasteiger partial charge in [-0.2, -0.15) is 0 Å². The zero-order valence-electron chi connectivity index (χ0n) is 13.6. The summed E-state index contributed by atoms with van der Waals surface area (Å²) in [5.41, 5.74) is 0.420. The summed E-state index contributed by atoms with van der Waals surface area (Å²) >= 11 is 1.76. The highest BCUT2D eigenvalue weighted by molar-refractivity contribution is 7.09. The van der Waals surface area contributed by atoms with Crippen LogP contribution in [-0.4, -0.2) is 37.0 Å². The molecule has 128 valence electrons. The van der Waals surface area contributed by atoms with E-state index in [-0.39, 0.29) is 17.7 Å². The number of carbonyl (C=O) groups excluding carboxylic acids is 1. The summed E-state index contributed by atoms with van der Waals surface area (Å²) < 4.78 is 18.4. The number of amides is 1. The van der Waals surface area contributed by atoms with Crippen molar-refractivity contribution in [3.05, 3.63) is 52.0 Å². The lowest BCUT2D eigenvalue weighted by Crippen LogP contribution is -2.47. The van der Waals surface area contributed by atoms with Crippen molar-refractivity contribution in [2.24, 2.45) is 0 Å². The predicted octanol–water partition coefficient (Wildman–Crippen LogP) is 3.29. The summed E-state index contributed by atoms with van der Waals surface area (Å²) in [7, 11) is 1.39. The minimum absolute atomic E-state index is 0.0885. The molecule has 0 aliphatic carbocycles. The van der Waals surface area contributed by atoms with Crippen LogP contribution < -0.4 is 10.1 Å². The lowest BCUT2D eigenvalue weighted by molar-refractivity contribution is 0.0901. The maximum atomic E-state index is 13.5. The van der Waals surface area contributed by atoms with Crippen LogP contribution in [-0.2, 0) is 6.54 Å². The van der Waals surface area contributed by atoms with Gasteiger partial charge < -0.3 is 10.1 Å². The van der Waals surface area contributed by atoms with Crippen LogP contribution in [0.5, 0.6) is 5.75 Å². The number of nitrogens with zero attached hydrogens (tertiary/aromatic N) is 1. The molecule has 1 aromatic carbocycles. The van der Waals surface area contributed by atoms with E-state index in [1.165, 1.54) is 30.2 Å². The summed E-state index contributed by atoms with van der Waals surface area (Å²) in [6.45, 7) is 2.81. The van der Waals surface area contributed by atoms with E-state index in [1.54, 1.807) is 11.3 Å². The monoisotopic (exact) mass is 348 g/mol. The second kappa shape index (κ2) is 7.77. The van der Waals surface area contributed by atoms with Gasteiger partial charge in [-0.05, 0) is 49.0 Å². The first-order valence-electron chi connectivity index (χ1n) is 8.05. The van der Waals surface area contributed by atoms with E-state index in [4.69, 9.17) is 4.74 Å². The summed E-state index contributed by atoms with van der Waals surface area (Å²) in [4.78, 5) is 16.1. The Hall–Kier alpha value is -1.92. The number of benzene rings is 1. The number of ether oxygens (including phenoxy) is 1. The third kappa shape index (κ3) is 4.13. The van der Waals surface area contributed by atoms with Crippen molar-refractivity contribution in [3.8, 4) is 5.75 Å². The van der Waals surface area contributed by atoms with Gasteiger partial charge in [0.05, 0.1) is 7.11 Å². The Balaban J connectivity index is 1.59.